The van der Waals surface area contributed by atoms with Gasteiger partial charge < -0.3 is 28.3 Å². The number of amides is 1. The molecule has 38 heavy (non-hydrogen) atoms. The number of benzene rings is 3. The quantitative estimate of drug-likeness (QED) is 0.291. The Morgan fingerprint density at radius 1 is 1.05 bits per heavy atom. The van der Waals surface area contributed by atoms with Crippen molar-refractivity contribution in [3.63, 3.8) is 0 Å². The molecule has 3 aromatic carbocycles. The van der Waals surface area contributed by atoms with E-state index in [0.717, 1.165) is 5.56 Å². The van der Waals surface area contributed by atoms with Crippen LogP contribution < -0.4 is 24.4 Å². The standard InChI is InChI=1S/C29H22ClNO7/c1-3-10-35-21-8-5-17(12-23(21)34-2)26-25-27(32)19-13-18(30)6-9-20(19)38-28(25)29(33)31(26)14-16-4-7-22-24(11-16)37-15-36-22/h3-9,11-13,26H,1,10,14-15H2,2H3/t26-/m1/s1. The minimum Gasteiger partial charge on any atom is -0.493 e. The summed E-state index contributed by atoms with van der Waals surface area (Å²) < 4.78 is 28.2. The molecule has 1 aromatic heterocycles. The van der Waals surface area contributed by atoms with Crippen molar-refractivity contribution < 1.29 is 28.2 Å². The van der Waals surface area contributed by atoms with Crippen LogP contribution in [0, 0.1) is 0 Å². The predicted octanol–water partition coefficient (Wildman–Crippen LogP) is 5.49. The van der Waals surface area contributed by atoms with Gasteiger partial charge in [-0.2, -0.15) is 0 Å². The topological polar surface area (TPSA) is 87.4 Å². The average molecular weight is 532 g/mol. The van der Waals surface area contributed by atoms with E-state index in [1.54, 1.807) is 47.4 Å². The lowest BCUT2D eigenvalue weighted by Gasteiger charge is -2.26. The van der Waals surface area contributed by atoms with Crippen molar-refractivity contribution in [3.8, 4) is 23.0 Å². The molecule has 0 unspecified atom stereocenters. The summed E-state index contributed by atoms with van der Waals surface area (Å²) in [5.41, 5.74) is 1.68. The van der Waals surface area contributed by atoms with Gasteiger partial charge in [-0.05, 0) is 53.6 Å². The molecule has 2 aliphatic heterocycles. The van der Waals surface area contributed by atoms with E-state index in [-0.39, 0.29) is 30.1 Å². The van der Waals surface area contributed by atoms with Gasteiger partial charge in [0.2, 0.25) is 12.6 Å². The first-order valence-electron chi connectivity index (χ1n) is 11.9. The van der Waals surface area contributed by atoms with Crippen molar-refractivity contribution >= 4 is 28.5 Å². The Morgan fingerprint density at radius 3 is 2.71 bits per heavy atom. The smallest absolute Gasteiger partial charge is 0.291 e. The molecule has 0 N–H and O–H groups in total. The number of ether oxygens (including phenoxy) is 4. The second-order valence-electron chi connectivity index (χ2n) is 8.85. The van der Waals surface area contributed by atoms with Crippen LogP contribution in [0.2, 0.25) is 5.02 Å². The van der Waals surface area contributed by atoms with Crippen LogP contribution >= 0.6 is 11.6 Å². The first-order chi connectivity index (χ1) is 18.5. The molecular formula is C29H22ClNO7. The highest BCUT2D eigenvalue weighted by molar-refractivity contribution is 6.31. The molecule has 0 radical (unpaired) electrons. The molecule has 8 nitrogen and oxygen atoms in total. The fourth-order valence-corrected chi connectivity index (χ4v) is 5.03. The van der Waals surface area contributed by atoms with Crippen LogP contribution in [-0.4, -0.2) is 31.3 Å². The van der Waals surface area contributed by atoms with Crippen LogP contribution in [0.15, 0.2) is 76.5 Å². The number of carbonyl (C=O) groups is 1. The van der Waals surface area contributed by atoms with Crippen molar-refractivity contribution in [1.82, 2.24) is 4.90 Å². The fourth-order valence-electron chi connectivity index (χ4n) is 4.86. The summed E-state index contributed by atoms with van der Waals surface area (Å²) in [6.07, 6.45) is 1.63. The maximum absolute atomic E-state index is 13.8. The lowest BCUT2D eigenvalue weighted by Crippen LogP contribution is -2.29. The summed E-state index contributed by atoms with van der Waals surface area (Å²) in [4.78, 5) is 29.2. The first-order valence-corrected chi connectivity index (χ1v) is 12.2. The maximum atomic E-state index is 13.8. The van der Waals surface area contributed by atoms with E-state index in [0.29, 0.717) is 51.2 Å². The monoisotopic (exact) mass is 531 g/mol. The van der Waals surface area contributed by atoms with E-state index in [4.69, 9.17) is 35.0 Å². The molecule has 0 saturated carbocycles. The molecule has 4 aromatic rings. The normalized spacial score (nSPS) is 15.6. The van der Waals surface area contributed by atoms with Gasteiger partial charge in [-0.15, -0.1) is 0 Å². The second-order valence-corrected chi connectivity index (χ2v) is 9.28. The number of methoxy groups -OCH3 is 1. The number of hydrogen-bond acceptors (Lipinski definition) is 7. The minimum absolute atomic E-state index is 0.00140. The molecule has 0 fully saturated rings. The van der Waals surface area contributed by atoms with Crippen molar-refractivity contribution in [2.24, 2.45) is 0 Å². The zero-order valence-electron chi connectivity index (χ0n) is 20.4. The summed E-state index contributed by atoms with van der Waals surface area (Å²) in [5.74, 6) is 1.82. The Morgan fingerprint density at radius 2 is 1.89 bits per heavy atom. The number of halogens is 1. The average Bonchev–Trinajstić information content (AvgIpc) is 3.50. The van der Waals surface area contributed by atoms with Crippen LogP contribution in [0.25, 0.3) is 11.0 Å². The number of hydrogen-bond donors (Lipinski definition) is 0. The van der Waals surface area contributed by atoms with Gasteiger partial charge in [0.05, 0.1) is 24.1 Å². The van der Waals surface area contributed by atoms with Crippen molar-refractivity contribution in [3.05, 3.63) is 105 Å². The van der Waals surface area contributed by atoms with E-state index >= 15 is 0 Å². The van der Waals surface area contributed by atoms with Crippen molar-refractivity contribution in [2.75, 3.05) is 20.5 Å². The molecular weight excluding hydrogens is 510 g/mol. The van der Waals surface area contributed by atoms with Crippen molar-refractivity contribution in [1.29, 1.82) is 0 Å². The van der Waals surface area contributed by atoms with Crippen LogP contribution in [0.4, 0.5) is 0 Å². The van der Waals surface area contributed by atoms with E-state index < -0.39 is 11.9 Å². The lowest BCUT2D eigenvalue weighted by atomic mass is 9.97. The zero-order valence-corrected chi connectivity index (χ0v) is 21.1. The molecule has 192 valence electrons. The molecule has 2 aliphatic rings. The third kappa shape index (κ3) is 3.94. The summed E-state index contributed by atoms with van der Waals surface area (Å²) in [5, 5.41) is 0.699. The molecule has 3 heterocycles. The van der Waals surface area contributed by atoms with Gasteiger partial charge in [-0.3, -0.25) is 9.59 Å². The number of rotatable bonds is 7. The molecule has 6 rings (SSSR count). The van der Waals surface area contributed by atoms with Gasteiger partial charge in [0, 0.05) is 11.6 Å². The Bertz CT molecular complexity index is 1660. The summed E-state index contributed by atoms with van der Waals surface area (Å²) in [6, 6.07) is 14.8. The zero-order chi connectivity index (χ0) is 26.4. The largest absolute Gasteiger partial charge is 0.493 e. The Balaban J connectivity index is 1.51. The van der Waals surface area contributed by atoms with E-state index in [2.05, 4.69) is 6.58 Å². The highest BCUT2D eigenvalue weighted by Crippen LogP contribution is 2.42. The highest BCUT2D eigenvalue weighted by Gasteiger charge is 2.43. The summed E-state index contributed by atoms with van der Waals surface area (Å²) in [7, 11) is 1.53. The number of carbonyl (C=O) groups excluding carboxylic acids is 1. The highest BCUT2D eigenvalue weighted by atomic mass is 35.5. The Labute approximate surface area is 222 Å². The van der Waals surface area contributed by atoms with Gasteiger partial charge >= 0.3 is 0 Å². The number of nitrogens with zero attached hydrogens (tertiary/aromatic N) is 1. The van der Waals surface area contributed by atoms with Gasteiger partial charge in [-0.1, -0.05) is 36.4 Å². The van der Waals surface area contributed by atoms with Gasteiger partial charge in [-0.25, -0.2) is 0 Å². The van der Waals surface area contributed by atoms with Gasteiger partial charge in [0.25, 0.3) is 5.91 Å². The third-order valence-electron chi connectivity index (χ3n) is 6.58. The minimum atomic E-state index is -0.745. The number of fused-ring (bicyclic) bond motifs is 3. The van der Waals surface area contributed by atoms with Crippen LogP contribution in [0.1, 0.15) is 33.3 Å². The van der Waals surface area contributed by atoms with Gasteiger partial charge in [0.1, 0.15) is 12.2 Å². The van der Waals surface area contributed by atoms with Crippen LogP contribution in [-0.2, 0) is 6.54 Å². The molecule has 0 aliphatic carbocycles. The predicted molar refractivity (Wildman–Crippen MR) is 140 cm³/mol. The molecule has 1 atom stereocenters. The Kier molecular flexibility index (Phi) is 5.96. The van der Waals surface area contributed by atoms with Gasteiger partial charge in [0.15, 0.2) is 28.4 Å². The second kappa shape index (κ2) is 9.46. The van der Waals surface area contributed by atoms with Crippen LogP contribution in [0.3, 0.4) is 0 Å². The first kappa shape index (κ1) is 23.9. The summed E-state index contributed by atoms with van der Waals surface area (Å²) >= 11 is 6.19. The summed E-state index contributed by atoms with van der Waals surface area (Å²) in [6.45, 7) is 4.31. The van der Waals surface area contributed by atoms with E-state index in [1.807, 2.05) is 18.2 Å². The lowest BCUT2D eigenvalue weighted by molar-refractivity contribution is 0.0714. The van der Waals surface area contributed by atoms with E-state index in [9.17, 15) is 9.59 Å². The van der Waals surface area contributed by atoms with Crippen molar-refractivity contribution in [2.45, 2.75) is 12.6 Å². The molecule has 1 amide bonds. The van der Waals surface area contributed by atoms with Crippen LogP contribution in [0.5, 0.6) is 23.0 Å². The maximum Gasteiger partial charge on any atom is 0.291 e. The fraction of sp³-hybridized carbons (Fsp3) is 0.172. The SMILES string of the molecule is C=CCOc1ccc([C@@H]2c3c(oc4ccc(Cl)cc4c3=O)C(=O)N2Cc2ccc3c(c2)OCO3)cc1OC. The third-order valence-corrected chi connectivity index (χ3v) is 6.81. The molecule has 0 saturated heterocycles. The molecule has 9 heteroatoms. The molecule has 0 spiro atoms. The Hall–Kier alpha value is -4.43. The molecule has 0 bridgehead atoms. The van der Waals surface area contributed by atoms with E-state index in [1.165, 1.54) is 7.11 Å².